The zero-order valence-corrected chi connectivity index (χ0v) is 9.96. The van der Waals surface area contributed by atoms with Gasteiger partial charge in [0, 0.05) is 9.70 Å². The van der Waals surface area contributed by atoms with Crippen LogP contribution in [0.2, 0.25) is 0 Å². The predicted octanol–water partition coefficient (Wildman–Crippen LogP) is 1.53. The van der Waals surface area contributed by atoms with Gasteiger partial charge in [0.1, 0.15) is 17.2 Å². The van der Waals surface area contributed by atoms with Crippen molar-refractivity contribution < 1.29 is 13.9 Å². The third kappa shape index (κ3) is 1.86. The fraction of sp³-hybridized carbons (Fsp3) is 0.364. The second-order valence-corrected chi connectivity index (χ2v) is 4.22. The molecular formula is C11H11BrO3. The van der Waals surface area contributed by atoms with Crippen molar-refractivity contribution in [1.29, 1.82) is 0 Å². The second-order valence-electron chi connectivity index (χ2n) is 3.26. The maximum Gasteiger partial charge on any atom is 0.342 e. The van der Waals surface area contributed by atoms with Crippen molar-refractivity contribution in [2.45, 2.75) is 19.8 Å². The van der Waals surface area contributed by atoms with Crippen LogP contribution in [0.3, 0.4) is 0 Å². The summed E-state index contributed by atoms with van der Waals surface area (Å²) in [4.78, 5) is 11.6. The number of esters is 1. The number of rotatable bonds is 2. The molecule has 1 aliphatic carbocycles. The van der Waals surface area contributed by atoms with Gasteiger partial charge < -0.3 is 9.15 Å². The van der Waals surface area contributed by atoms with E-state index in [1.54, 1.807) is 6.92 Å². The van der Waals surface area contributed by atoms with E-state index in [2.05, 4.69) is 15.9 Å². The van der Waals surface area contributed by atoms with Crippen LogP contribution in [-0.4, -0.2) is 12.6 Å². The van der Waals surface area contributed by atoms with Crippen LogP contribution in [0.4, 0.5) is 0 Å². The molecule has 2 rings (SSSR count). The lowest BCUT2D eigenvalue weighted by Gasteiger charge is -2.00. The monoisotopic (exact) mass is 270 g/mol. The lowest BCUT2D eigenvalue weighted by molar-refractivity contribution is 0.0524. The summed E-state index contributed by atoms with van der Waals surface area (Å²) in [6.07, 6.45) is 5.31. The highest BCUT2D eigenvalue weighted by Crippen LogP contribution is 2.15. The first-order valence-electron chi connectivity index (χ1n) is 4.87. The summed E-state index contributed by atoms with van der Waals surface area (Å²) >= 11 is 3.44. The van der Waals surface area contributed by atoms with Gasteiger partial charge in [-0.25, -0.2) is 4.79 Å². The smallest absolute Gasteiger partial charge is 0.342 e. The highest BCUT2D eigenvalue weighted by atomic mass is 79.9. The van der Waals surface area contributed by atoms with Crippen LogP contribution < -0.4 is 10.6 Å². The number of halogens is 1. The number of carbonyl (C=O) groups excluding carboxylic acids is 1. The lowest BCUT2D eigenvalue weighted by Crippen LogP contribution is -2.29. The number of fused-ring (bicyclic) bond motifs is 1. The third-order valence-corrected chi connectivity index (χ3v) is 3.04. The average Bonchev–Trinajstić information content (AvgIpc) is 2.63. The van der Waals surface area contributed by atoms with E-state index in [0.717, 1.165) is 28.0 Å². The number of furan rings is 1. The Labute approximate surface area is 95.5 Å². The Hall–Kier alpha value is -1.03. The summed E-state index contributed by atoms with van der Waals surface area (Å²) in [5, 5.41) is 0.853. The number of hydrogen-bond donors (Lipinski definition) is 0. The summed E-state index contributed by atoms with van der Waals surface area (Å²) in [7, 11) is 0. The standard InChI is InChI=1S/C11H11BrO3/c1-2-14-11(13)8-6-15-10-7(8)4-3-5-9(10)12/h4,6H,2-3,5H2,1H3. The van der Waals surface area contributed by atoms with Gasteiger partial charge in [0.05, 0.1) is 6.61 Å². The third-order valence-electron chi connectivity index (χ3n) is 2.28. The molecule has 0 N–H and O–H groups in total. The SMILES string of the molecule is CCOC(=O)c1coc2c1=CCCC=2Br. The number of carbonyl (C=O) groups is 1. The van der Waals surface area contributed by atoms with Crippen LogP contribution in [0.25, 0.3) is 10.6 Å². The van der Waals surface area contributed by atoms with Crippen LogP contribution in [0.15, 0.2) is 10.7 Å². The predicted molar refractivity (Wildman–Crippen MR) is 59.9 cm³/mol. The molecule has 1 aromatic heterocycles. The molecule has 4 heteroatoms. The minimum Gasteiger partial charge on any atom is -0.463 e. The molecule has 0 radical (unpaired) electrons. The summed E-state index contributed by atoms with van der Waals surface area (Å²) in [6.45, 7) is 2.17. The summed E-state index contributed by atoms with van der Waals surface area (Å²) < 4.78 is 11.3. The number of hydrogen-bond acceptors (Lipinski definition) is 3. The quantitative estimate of drug-likeness (QED) is 0.766. The maximum atomic E-state index is 11.6. The Morgan fingerprint density at radius 2 is 2.47 bits per heavy atom. The Balaban J connectivity index is 2.54. The van der Waals surface area contributed by atoms with Crippen molar-refractivity contribution in [3.8, 4) is 0 Å². The van der Waals surface area contributed by atoms with Crippen molar-refractivity contribution >= 4 is 32.5 Å². The molecular weight excluding hydrogens is 260 g/mol. The van der Waals surface area contributed by atoms with Crippen molar-refractivity contribution in [3.63, 3.8) is 0 Å². The highest BCUT2D eigenvalue weighted by Gasteiger charge is 2.15. The zero-order valence-electron chi connectivity index (χ0n) is 8.38. The van der Waals surface area contributed by atoms with E-state index in [4.69, 9.17) is 9.15 Å². The Morgan fingerprint density at radius 1 is 1.67 bits per heavy atom. The van der Waals surface area contributed by atoms with Crippen molar-refractivity contribution in [1.82, 2.24) is 0 Å². The molecule has 0 atom stereocenters. The lowest BCUT2D eigenvalue weighted by atomic mass is 10.1. The normalized spacial score (nSPS) is 14.4. The van der Waals surface area contributed by atoms with Crippen LogP contribution in [0.5, 0.6) is 0 Å². The van der Waals surface area contributed by atoms with Crippen LogP contribution >= 0.6 is 15.9 Å². The van der Waals surface area contributed by atoms with Gasteiger partial charge in [-0.2, -0.15) is 0 Å². The van der Waals surface area contributed by atoms with E-state index >= 15 is 0 Å². The summed E-state index contributed by atoms with van der Waals surface area (Å²) in [5.41, 5.74) is 1.27. The first-order valence-corrected chi connectivity index (χ1v) is 5.66. The van der Waals surface area contributed by atoms with Gasteiger partial charge >= 0.3 is 5.97 Å². The van der Waals surface area contributed by atoms with Gasteiger partial charge in [0.15, 0.2) is 0 Å². The van der Waals surface area contributed by atoms with Crippen molar-refractivity contribution in [2.24, 2.45) is 0 Å². The molecule has 15 heavy (non-hydrogen) atoms. The first-order chi connectivity index (χ1) is 7.24. The average molecular weight is 271 g/mol. The Morgan fingerprint density at radius 3 is 3.20 bits per heavy atom. The van der Waals surface area contributed by atoms with Crippen molar-refractivity contribution in [2.75, 3.05) is 6.61 Å². The topological polar surface area (TPSA) is 39.4 Å². The molecule has 80 valence electrons. The van der Waals surface area contributed by atoms with Crippen LogP contribution in [0, 0.1) is 0 Å². The van der Waals surface area contributed by atoms with Gasteiger partial charge in [0.2, 0.25) is 0 Å². The largest absolute Gasteiger partial charge is 0.463 e. The molecule has 0 fully saturated rings. The van der Waals surface area contributed by atoms with Crippen molar-refractivity contribution in [3.05, 3.63) is 22.5 Å². The van der Waals surface area contributed by atoms with Gasteiger partial charge in [0.25, 0.3) is 0 Å². The van der Waals surface area contributed by atoms with E-state index in [0.29, 0.717) is 12.2 Å². The van der Waals surface area contributed by atoms with Gasteiger partial charge in [-0.1, -0.05) is 22.0 Å². The molecule has 0 saturated carbocycles. The molecule has 1 aliphatic rings. The van der Waals surface area contributed by atoms with Crippen LogP contribution in [-0.2, 0) is 4.74 Å². The van der Waals surface area contributed by atoms with Gasteiger partial charge in [-0.05, 0) is 19.8 Å². The van der Waals surface area contributed by atoms with E-state index in [1.165, 1.54) is 6.26 Å². The molecule has 0 unspecified atom stereocenters. The molecule has 0 bridgehead atoms. The Bertz CT molecular complexity index is 498. The minimum atomic E-state index is -0.319. The van der Waals surface area contributed by atoms with Crippen LogP contribution in [0.1, 0.15) is 30.1 Å². The minimum absolute atomic E-state index is 0.319. The van der Waals surface area contributed by atoms with Gasteiger partial charge in [-0.15, -0.1) is 0 Å². The molecule has 1 heterocycles. The molecule has 0 aromatic carbocycles. The molecule has 3 nitrogen and oxygen atoms in total. The summed E-state index contributed by atoms with van der Waals surface area (Å²) in [6, 6.07) is 0. The molecule has 0 amide bonds. The highest BCUT2D eigenvalue weighted by molar-refractivity contribution is 9.14. The van der Waals surface area contributed by atoms with E-state index in [9.17, 15) is 4.79 Å². The van der Waals surface area contributed by atoms with E-state index in [-0.39, 0.29) is 5.97 Å². The maximum absolute atomic E-state index is 11.6. The van der Waals surface area contributed by atoms with Gasteiger partial charge in [-0.3, -0.25) is 0 Å². The Kier molecular flexibility index (Phi) is 2.95. The fourth-order valence-electron chi connectivity index (χ4n) is 1.60. The summed E-state index contributed by atoms with van der Waals surface area (Å²) in [5.74, 6) is -0.319. The fourth-order valence-corrected chi connectivity index (χ4v) is 2.14. The van der Waals surface area contributed by atoms with E-state index in [1.807, 2.05) is 6.08 Å². The molecule has 0 aliphatic heterocycles. The van der Waals surface area contributed by atoms with E-state index < -0.39 is 0 Å². The zero-order chi connectivity index (χ0) is 10.8. The molecule has 0 spiro atoms. The molecule has 1 aromatic rings. The first kappa shape index (κ1) is 10.5. The second kappa shape index (κ2) is 4.23. The number of ether oxygens (including phenoxy) is 1. The molecule has 0 saturated heterocycles.